The second-order valence-electron chi connectivity index (χ2n) is 6.88. The molecule has 0 radical (unpaired) electrons. The highest BCUT2D eigenvalue weighted by Gasteiger charge is 2.33. The quantitative estimate of drug-likeness (QED) is 0.626. The molecule has 2 heterocycles. The van der Waals surface area contributed by atoms with Gasteiger partial charge in [0, 0.05) is 11.4 Å². The number of hydrogen-bond donors (Lipinski definition) is 2. The van der Waals surface area contributed by atoms with Crippen LogP contribution in [-0.4, -0.2) is 20.7 Å². The maximum absolute atomic E-state index is 13.9. The SMILES string of the molecule is CC1=C(C(N)=O)[C@@H](c2ccc(C)cc2)n2nc(SCc3ccccc3F)nc2N1. The fourth-order valence-corrected chi connectivity index (χ4v) is 4.14. The number of carbonyl (C=O) groups excluding carboxylic acids is 1. The van der Waals surface area contributed by atoms with Crippen molar-refractivity contribution in [1.82, 2.24) is 14.8 Å². The van der Waals surface area contributed by atoms with Gasteiger partial charge in [-0.2, -0.15) is 4.98 Å². The number of thioether (sulfide) groups is 1. The monoisotopic (exact) mass is 409 g/mol. The van der Waals surface area contributed by atoms with Crippen LogP contribution in [0.5, 0.6) is 0 Å². The second-order valence-corrected chi connectivity index (χ2v) is 7.83. The van der Waals surface area contributed by atoms with Gasteiger partial charge in [-0.05, 0) is 31.0 Å². The molecular weight excluding hydrogens is 389 g/mol. The minimum atomic E-state index is -0.512. The average Bonchev–Trinajstić information content (AvgIpc) is 3.09. The van der Waals surface area contributed by atoms with Crippen LogP contribution in [0.3, 0.4) is 0 Å². The molecule has 6 nitrogen and oxygen atoms in total. The van der Waals surface area contributed by atoms with Gasteiger partial charge in [0.2, 0.25) is 17.0 Å². The Hall–Kier alpha value is -3.13. The number of amides is 1. The van der Waals surface area contributed by atoms with Crippen molar-refractivity contribution in [3.63, 3.8) is 0 Å². The van der Waals surface area contributed by atoms with Gasteiger partial charge in [-0.25, -0.2) is 9.07 Å². The number of rotatable bonds is 5. The topological polar surface area (TPSA) is 85.8 Å². The van der Waals surface area contributed by atoms with Gasteiger partial charge in [0.05, 0.1) is 5.57 Å². The number of nitrogens with zero attached hydrogens (tertiary/aromatic N) is 3. The van der Waals surface area contributed by atoms with E-state index in [4.69, 9.17) is 5.73 Å². The van der Waals surface area contributed by atoms with Crippen LogP contribution in [0.15, 0.2) is 65.0 Å². The van der Waals surface area contributed by atoms with Crippen LogP contribution in [0.4, 0.5) is 10.3 Å². The van der Waals surface area contributed by atoms with Crippen molar-refractivity contribution in [3.8, 4) is 0 Å². The highest BCUT2D eigenvalue weighted by molar-refractivity contribution is 7.98. The maximum atomic E-state index is 13.9. The molecule has 2 aromatic carbocycles. The summed E-state index contributed by atoms with van der Waals surface area (Å²) in [6.07, 6.45) is 0. The molecule has 0 saturated heterocycles. The predicted molar refractivity (Wildman–Crippen MR) is 111 cm³/mol. The highest BCUT2D eigenvalue weighted by Crippen LogP contribution is 2.36. The van der Waals surface area contributed by atoms with E-state index in [0.717, 1.165) is 11.1 Å². The van der Waals surface area contributed by atoms with Crippen molar-refractivity contribution < 1.29 is 9.18 Å². The number of benzene rings is 2. The van der Waals surface area contributed by atoms with Crippen molar-refractivity contribution in [2.24, 2.45) is 5.73 Å². The molecule has 3 aromatic rings. The number of hydrogen-bond acceptors (Lipinski definition) is 5. The third-order valence-corrected chi connectivity index (χ3v) is 5.69. The minimum absolute atomic E-state index is 0.256. The first-order valence-corrected chi connectivity index (χ1v) is 10.1. The number of halogens is 1. The summed E-state index contributed by atoms with van der Waals surface area (Å²) in [5.41, 5.74) is 9.36. The Kier molecular flexibility index (Phi) is 5.10. The van der Waals surface area contributed by atoms with Crippen molar-refractivity contribution in [2.75, 3.05) is 5.32 Å². The van der Waals surface area contributed by atoms with Crippen molar-refractivity contribution in [2.45, 2.75) is 30.8 Å². The molecule has 1 amide bonds. The Morgan fingerprint density at radius 3 is 2.62 bits per heavy atom. The van der Waals surface area contributed by atoms with Gasteiger partial charge in [0.1, 0.15) is 11.9 Å². The van der Waals surface area contributed by atoms with Crippen molar-refractivity contribution in [3.05, 3.63) is 82.3 Å². The van der Waals surface area contributed by atoms with Crippen LogP contribution in [0.25, 0.3) is 0 Å². The Balaban J connectivity index is 1.69. The summed E-state index contributed by atoms with van der Waals surface area (Å²) in [7, 11) is 0. The summed E-state index contributed by atoms with van der Waals surface area (Å²) < 4.78 is 15.6. The van der Waals surface area contributed by atoms with Gasteiger partial charge >= 0.3 is 0 Å². The van der Waals surface area contributed by atoms with Crippen LogP contribution in [-0.2, 0) is 10.5 Å². The molecule has 0 spiro atoms. The molecule has 0 unspecified atom stereocenters. The lowest BCUT2D eigenvalue weighted by molar-refractivity contribution is -0.115. The number of nitrogens with one attached hydrogen (secondary N) is 1. The standard InChI is InChI=1S/C21H20FN5OS/c1-12-7-9-14(10-8-12)18-17(19(23)28)13(2)24-20-25-21(26-27(18)20)29-11-15-5-3-4-6-16(15)22/h3-10,18H,11H2,1-2H3,(H2,23,28)(H,24,25,26)/t18-/m1/s1. The van der Waals surface area contributed by atoms with Gasteiger partial charge < -0.3 is 11.1 Å². The number of fused-ring (bicyclic) bond motifs is 1. The molecule has 1 aliphatic heterocycles. The van der Waals surface area contributed by atoms with E-state index < -0.39 is 11.9 Å². The van der Waals surface area contributed by atoms with E-state index in [1.165, 1.54) is 17.8 Å². The number of aromatic nitrogens is 3. The smallest absolute Gasteiger partial charge is 0.248 e. The third-order valence-electron chi connectivity index (χ3n) is 4.81. The summed E-state index contributed by atoms with van der Waals surface area (Å²) in [6.45, 7) is 3.80. The van der Waals surface area contributed by atoms with Crippen LogP contribution in [0, 0.1) is 12.7 Å². The molecule has 29 heavy (non-hydrogen) atoms. The molecule has 1 aliphatic rings. The van der Waals surface area contributed by atoms with Gasteiger partial charge in [0.25, 0.3) is 0 Å². The van der Waals surface area contributed by atoms with E-state index in [9.17, 15) is 9.18 Å². The van der Waals surface area contributed by atoms with Crippen molar-refractivity contribution in [1.29, 1.82) is 0 Å². The Bertz CT molecular complexity index is 1110. The summed E-state index contributed by atoms with van der Waals surface area (Å²) >= 11 is 1.33. The van der Waals surface area contributed by atoms with E-state index in [1.54, 1.807) is 29.8 Å². The van der Waals surface area contributed by atoms with E-state index in [1.807, 2.05) is 31.2 Å². The van der Waals surface area contributed by atoms with Gasteiger partial charge in [0.15, 0.2) is 0 Å². The number of nitrogens with two attached hydrogens (primary N) is 1. The number of allylic oxidation sites excluding steroid dienone is 1. The molecule has 1 aromatic heterocycles. The van der Waals surface area contributed by atoms with E-state index in [-0.39, 0.29) is 5.82 Å². The summed E-state index contributed by atoms with van der Waals surface area (Å²) in [5, 5.41) is 8.19. The third kappa shape index (κ3) is 3.75. The Labute approximate surface area is 172 Å². The first-order chi connectivity index (χ1) is 13.9. The lowest BCUT2D eigenvalue weighted by Crippen LogP contribution is -2.31. The highest BCUT2D eigenvalue weighted by atomic mass is 32.2. The Morgan fingerprint density at radius 2 is 1.93 bits per heavy atom. The van der Waals surface area contributed by atoms with Crippen LogP contribution < -0.4 is 11.1 Å². The molecule has 0 fully saturated rings. The molecule has 148 valence electrons. The number of aryl methyl sites for hydroxylation is 1. The van der Waals surface area contributed by atoms with Crippen LogP contribution in [0.1, 0.15) is 29.7 Å². The molecule has 8 heteroatoms. The van der Waals surface area contributed by atoms with Crippen LogP contribution >= 0.6 is 11.8 Å². The average molecular weight is 409 g/mol. The van der Waals surface area contributed by atoms with Crippen molar-refractivity contribution >= 4 is 23.6 Å². The zero-order valence-electron chi connectivity index (χ0n) is 16.0. The maximum Gasteiger partial charge on any atom is 0.248 e. The van der Waals surface area contributed by atoms with Gasteiger partial charge in [-0.1, -0.05) is 59.8 Å². The molecule has 0 aliphatic carbocycles. The predicted octanol–water partition coefficient (Wildman–Crippen LogP) is 3.79. The first kappa shape index (κ1) is 19.2. The normalized spacial score (nSPS) is 15.8. The second kappa shape index (κ2) is 7.71. The first-order valence-electron chi connectivity index (χ1n) is 9.11. The van der Waals surface area contributed by atoms with E-state index in [2.05, 4.69) is 15.4 Å². The van der Waals surface area contributed by atoms with Gasteiger partial charge in [-0.3, -0.25) is 4.79 Å². The molecule has 0 bridgehead atoms. The lowest BCUT2D eigenvalue weighted by Gasteiger charge is -2.27. The van der Waals surface area contributed by atoms with Gasteiger partial charge in [-0.15, -0.1) is 5.10 Å². The largest absolute Gasteiger partial charge is 0.366 e. The zero-order valence-corrected chi connectivity index (χ0v) is 16.8. The zero-order chi connectivity index (χ0) is 20.5. The van der Waals surface area contributed by atoms with E-state index in [0.29, 0.717) is 33.7 Å². The number of primary amides is 1. The summed E-state index contributed by atoms with van der Waals surface area (Å²) in [5.74, 6) is 0.157. The summed E-state index contributed by atoms with van der Waals surface area (Å²) in [4.78, 5) is 16.7. The molecular formula is C21H20FN5OS. The fraction of sp³-hybridized carbons (Fsp3) is 0.190. The lowest BCUT2D eigenvalue weighted by atomic mass is 9.95. The fourth-order valence-electron chi connectivity index (χ4n) is 3.33. The summed E-state index contributed by atoms with van der Waals surface area (Å²) in [6, 6.07) is 14.0. The van der Waals surface area contributed by atoms with Crippen LogP contribution in [0.2, 0.25) is 0 Å². The van der Waals surface area contributed by atoms with E-state index >= 15 is 0 Å². The molecule has 3 N–H and O–H groups in total. The molecule has 0 saturated carbocycles. The molecule has 1 atom stereocenters. The molecule has 4 rings (SSSR count). The Morgan fingerprint density at radius 1 is 1.21 bits per heavy atom. The number of anilines is 1. The number of carbonyl (C=O) groups is 1. The minimum Gasteiger partial charge on any atom is -0.366 e.